The summed E-state index contributed by atoms with van der Waals surface area (Å²) in [5.74, 6) is -4.45. The molecule has 0 aliphatic heterocycles. The van der Waals surface area contributed by atoms with E-state index in [1.54, 1.807) is 19.9 Å². The third-order valence-corrected chi connectivity index (χ3v) is 5.63. The molecule has 2 rings (SSSR count). The van der Waals surface area contributed by atoms with Gasteiger partial charge in [-0.3, -0.25) is 0 Å². The summed E-state index contributed by atoms with van der Waals surface area (Å²) in [5.41, 5.74) is 4.04. The first-order chi connectivity index (χ1) is 12.9. The van der Waals surface area contributed by atoms with E-state index < -0.39 is 13.4 Å². The van der Waals surface area contributed by atoms with E-state index >= 15 is 0 Å². The van der Waals surface area contributed by atoms with Gasteiger partial charge >= 0.3 is 13.4 Å². The lowest BCUT2D eigenvalue weighted by Gasteiger charge is -2.20. The maximum atomic E-state index is 13.5. The number of benzene rings is 2. The van der Waals surface area contributed by atoms with Crippen LogP contribution in [-0.4, -0.2) is 20.7 Å². The van der Waals surface area contributed by atoms with Gasteiger partial charge in [-0.05, 0) is 78.6 Å². The summed E-state index contributed by atoms with van der Waals surface area (Å²) in [6, 6.07) is 8.07. The molecule has 0 aliphatic rings. The number of hydrogen-bond donors (Lipinski definition) is 3. The summed E-state index contributed by atoms with van der Waals surface area (Å²) in [7, 11) is -5.73. The Morgan fingerprint density at radius 2 is 1.71 bits per heavy atom. The molecule has 2 aromatic carbocycles. The minimum atomic E-state index is -5.73. The molecule has 28 heavy (non-hydrogen) atoms. The molecule has 3 N–H and O–H groups in total. The van der Waals surface area contributed by atoms with Gasteiger partial charge in [0.2, 0.25) is 0 Å². The summed E-state index contributed by atoms with van der Waals surface area (Å²) in [6.45, 7) is 7.52. The number of phenols is 1. The molecule has 154 valence electrons. The molecule has 8 heteroatoms. The van der Waals surface area contributed by atoms with E-state index in [2.05, 4.69) is 4.74 Å². The van der Waals surface area contributed by atoms with Gasteiger partial charge in [0.25, 0.3) is 0 Å². The summed E-state index contributed by atoms with van der Waals surface area (Å²) in [4.78, 5) is 17.4. The standard InChI is InChI=1S/C20H25F2O5P/c1-5-12(2)18-11-15(6-7-19(18)23)10-17-13(3)8-16(9-14(17)4)27-20(21,22)28(24,25)26/h6-9,11-12,23H,5,10H2,1-4H3,(H2,24,25,26). The zero-order valence-corrected chi connectivity index (χ0v) is 17.1. The Morgan fingerprint density at radius 3 is 2.21 bits per heavy atom. The van der Waals surface area contributed by atoms with Crippen LogP contribution in [0, 0.1) is 13.8 Å². The van der Waals surface area contributed by atoms with E-state index in [1.165, 1.54) is 12.1 Å². The molecule has 0 radical (unpaired) electrons. The fraction of sp³-hybridized carbons (Fsp3) is 0.400. The van der Waals surface area contributed by atoms with Gasteiger partial charge in [0, 0.05) is 0 Å². The predicted molar refractivity (Wildman–Crippen MR) is 103 cm³/mol. The molecule has 0 bridgehead atoms. The lowest BCUT2D eigenvalue weighted by molar-refractivity contribution is -0.116. The molecule has 0 saturated heterocycles. The molecule has 0 spiro atoms. The van der Waals surface area contributed by atoms with E-state index in [0.29, 0.717) is 17.5 Å². The van der Waals surface area contributed by atoms with Crippen LogP contribution in [0.2, 0.25) is 0 Å². The summed E-state index contributed by atoms with van der Waals surface area (Å²) in [5, 5.41) is 10.1. The van der Waals surface area contributed by atoms with Crippen molar-refractivity contribution in [2.24, 2.45) is 0 Å². The Kier molecular flexibility index (Phi) is 6.54. The molecule has 0 aliphatic carbocycles. The summed E-state index contributed by atoms with van der Waals surface area (Å²) in [6.07, 6.45) is 1.41. The third-order valence-electron chi connectivity index (χ3n) is 4.87. The SMILES string of the molecule is CCC(C)c1cc(Cc2c(C)cc(OC(F)(F)P(=O)(O)O)cc2C)ccc1O. The van der Waals surface area contributed by atoms with Crippen LogP contribution in [0.3, 0.4) is 0 Å². The van der Waals surface area contributed by atoms with Gasteiger partial charge in [0.15, 0.2) is 0 Å². The molecule has 2 aromatic rings. The maximum absolute atomic E-state index is 13.5. The Balaban J connectivity index is 2.33. The average molecular weight is 414 g/mol. The highest BCUT2D eigenvalue weighted by atomic mass is 31.2. The van der Waals surface area contributed by atoms with Crippen LogP contribution >= 0.6 is 7.60 Å². The van der Waals surface area contributed by atoms with Crippen molar-refractivity contribution in [2.45, 2.75) is 52.3 Å². The minimum Gasteiger partial charge on any atom is -0.508 e. The Morgan fingerprint density at radius 1 is 1.14 bits per heavy atom. The zero-order chi connectivity index (χ0) is 21.3. The topological polar surface area (TPSA) is 87.0 Å². The highest BCUT2D eigenvalue weighted by Gasteiger charge is 2.52. The third kappa shape index (κ3) is 4.90. The van der Waals surface area contributed by atoms with Gasteiger partial charge in [-0.15, -0.1) is 0 Å². The second kappa shape index (κ2) is 8.19. The zero-order valence-electron chi connectivity index (χ0n) is 16.2. The van der Waals surface area contributed by atoms with Crippen molar-refractivity contribution in [1.29, 1.82) is 0 Å². The predicted octanol–water partition coefficient (Wildman–Crippen LogP) is 5.22. The van der Waals surface area contributed by atoms with E-state index in [9.17, 15) is 18.5 Å². The van der Waals surface area contributed by atoms with Crippen LogP contribution in [0.15, 0.2) is 30.3 Å². The van der Waals surface area contributed by atoms with E-state index in [-0.39, 0.29) is 17.4 Å². The van der Waals surface area contributed by atoms with E-state index in [0.717, 1.165) is 23.1 Å². The molecule has 0 amide bonds. The van der Waals surface area contributed by atoms with Crippen molar-refractivity contribution < 1.29 is 33.0 Å². The van der Waals surface area contributed by atoms with Crippen molar-refractivity contribution in [2.75, 3.05) is 0 Å². The normalized spacial score (nSPS) is 13.4. The molecular formula is C20H25F2O5P. The van der Waals surface area contributed by atoms with Gasteiger partial charge in [-0.2, -0.15) is 8.78 Å². The van der Waals surface area contributed by atoms with Crippen LogP contribution in [0.4, 0.5) is 8.78 Å². The largest absolute Gasteiger partial charge is 0.508 e. The highest BCUT2D eigenvalue weighted by Crippen LogP contribution is 2.53. The lowest BCUT2D eigenvalue weighted by Crippen LogP contribution is -2.24. The monoisotopic (exact) mass is 414 g/mol. The summed E-state index contributed by atoms with van der Waals surface area (Å²) >= 11 is 0. The molecule has 0 aromatic heterocycles. The van der Waals surface area contributed by atoms with Crippen molar-refractivity contribution in [1.82, 2.24) is 0 Å². The first-order valence-electron chi connectivity index (χ1n) is 8.90. The second-order valence-corrected chi connectivity index (χ2v) is 8.66. The van der Waals surface area contributed by atoms with E-state index in [4.69, 9.17) is 9.79 Å². The van der Waals surface area contributed by atoms with Gasteiger partial charge in [0.1, 0.15) is 11.5 Å². The first-order valence-corrected chi connectivity index (χ1v) is 10.5. The van der Waals surface area contributed by atoms with Crippen molar-refractivity contribution in [3.63, 3.8) is 0 Å². The van der Waals surface area contributed by atoms with Crippen molar-refractivity contribution in [3.05, 3.63) is 58.1 Å². The lowest BCUT2D eigenvalue weighted by atomic mass is 9.91. The smallest absolute Gasteiger partial charge is 0.503 e. The van der Waals surface area contributed by atoms with Crippen LogP contribution in [0.5, 0.6) is 11.5 Å². The number of halogens is 2. The fourth-order valence-corrected chi connectivity index (χ4v) is 3.25. The van der Waals surface area contributed by atoms with Gasteiger partial charge in [-0.25, -0.2) is 4.57 Å². The highest BCUT2D eigenvalue weighted by molar-refractivity contribution is 7.52. The number of aryl methyl sites for hydroxylation is 2. The van der Waals surface area contributed by atoms with Gasteiger partial charge in [0.05, 0.1) is 0 Å². The molecule has 5 nitrogen and oxygen atoms in total. The second-order valence-electron chi connectivity index (χ2n) is 7.05. The fourth-order valence-electron chi connectivity index (χ4n) is 3.03. The van der Waals surface area contributed by atoms with Crippen LogP contribution in [0.25, 0.3) is 0 Å². The Bertz CT molecular complexity index is 884. The number of hydrogen-bond acceptors (Lipinski definition) is 3. The van der Waals surface area contributed by atoms with Gasteiger partial charge in [-0.1, -0.05) is 26.0 Å². The quantitative estimate of drug-likeness (QED) is 0.541. The van der Waals surface area contributed by atoms with Gasteiger partial charge < -0.3 is 19.6 Å². The molecule has 0 fully saturated rings. The molecule has 1 unspecified atom stereocenters. The number of phenolic OH excluding ortho intramolecular Hbond substituents is 1. The maximum Gasteiger partial charge on any atom is 0.503 e. The summed E-state index contributed by atoms with van der Waals surface area (Å²) < 4.78 is 42.2. The number of rotatable bonds is 7. The number of alkyl halides is 2. The van der Waals surface area contributed by atoms with Crippen LogP contribution in [-0.2, 0) is 11.0 Å². The molecule has 0 saturated carbocycles. The average Bonchev–Trinajstić information content (AvgIpc) is 2.57. The van der Waals surface area contributed by atoms with E-state index in [1.807, 2.05) is 26.0 Å². The Hall–Kier alpha value is -1.95. The Labute approximate surface area is 163 Å². The minimum absolute atomic E-state index is 0.202. The van der Waals surface area contributed by atoms with Crippen LogP contribution < -0.4 is 4.74 Å². The molecular weight excluding hydrogens is 389 g/mol. The number of ether oxygens (including phenoxy) is 1. The van der Waals surface area contributed by atoms with Crippen LogP contribution in [0.1, 0.15) is 54.0 Å². The van der Waals surface area contributed by atoms with Crippen molar-refractivity contribution >= 4 is 7.60 Å². The molecule has 1 atom stereocenters. The first kappa shape index (κ1) is 22.3. The number of aromatic hydroxyl groups is 1. The van der Waals surface area contributed by atoms with Crippen molar-refractivity contribution in [3.8, 4) is 11.5 Å². The molecule has 0 heterocycles.